The standard InChI is InChI=1S/C16H24O3S/c1-19-12-5-4-7-14-8-6-11-16(13-14)20(17,18)15-9-2-3-10-15/h6,8,11,13,15H,2-5,7,9-10,12H2,1H3. The first-order valence-corrected chi connectivity index (χ1v) is 9.01. The molecule has 1 aromatic rings. The Morgan fingerprint density at radius 2 is 1.95 bits per heavy atom. The van der Waals surface area contributed by atoms with E-state index in [-0.39, 0.29) is 5.25 Å². The van der Waals surface area contributed by atoms with E-state index in [4.69, 9.17) is 4.74 Å². The maximum Gasteiger partial charge on any atom is 0.181 e. The fourth-order valence-electron chi connectivity index (χ4n) is 2.84. The third kappa shape index (κ3) is 3.83. The second-order valence-corrected chi connectivity index (χ2v) is 7.78. The topological polar surface area (TPSA) is 43.4 Å². The highest BCUT2D eigenvalue weighted by Crippen LogP contribution is 2.29. The maximum absolute atomic E-state index is 12.5. The van der Waals surface area contributed by atoms with Crippen LogP contribution >= 0.6 is 0 Å². The highest BCUT2D eigenvalue weighted by molar-refractivity contribution is 7.92. The summed E-state index contributed by atoms with van der Waals surface area (Å²) in [4.78, 5) is 0.508. The van der Waals surface area contributed by atoms with E-state index in [1.165, 1.54) is 0 Å². The number of methoxy groups -OCH3 is 1. The number of hydrogen-bond acceptors (Lipinski definition) is 3. The van der Waals surface area contributed by atoms with E-state index in [1.807, 2.05) is 18.2 Å². The lowest BCUT2D eigenvalue weighted by molar-refractivity contribution is 0.193. The van der Waals surface area contributed by atoms with E-state index in [2.05, 4.69) is 0 Å². The van der Waals surface area contributed by atoms with Gasteiger partial charge >= 0.3 is 0 Å². The summed E-state index contributed by atoms with van der Waals surface area (Å²) in [6.45, 7) is 0.764. The SMILES string of the molecule is COCCCCc1cccc(S(=O)(=O)C2CCCC2)c1. The number of aryl methyl sites for hydroxylation is 1. The van der Waals surface area contributed by atoms with Gasteiger partial charge in [0.05, 0.1) is 10.1 Å². The van der Waals surface area contributed by atoms with Crippen molar-refractivity contribution >= 4 is 9.84 Å². The quantitative estimate of drug-likeness (QED) is 0.725. The molecule has 0 heterocycles. The Balaban J connectivity index is 2.05. The van der Waals surface area contributed by atoms with Crippen molar-refractivity contribution in [1.29, 1.82) is 0 Å². The van der Waals surface area contributed by atoms with Crippen LogP contribution in [0.2, 0.25) is 0 Å². The summed E-state index contributed by atoms with van der Waals surface area (Å²) in [6.07, 6.45) is 6.68. The molecule has 0 amide bonds. The average molecular weight is 296 g/mol. The van der Waals surface area contributed by atoms with E-state index in [9.17, 15) is 8.42 Å². The molecule has 0 aromatic heterocycles. The van der Waals surface area contributed by atoms with Gasteiger partial charge in [-0.05, 0) is 49.8 Å². The molecule has 3 nitrogen and oxygen atoms in total. The summed E-state index contributed by atoms with van der Waals surface area (Å²) < 4.78 is 30.1. The molecule has 0 saturated heterocycles. The molecule has 0 unspecified atom stereocenters. The maximum atomic E-state index is 12.5. The molecular weight excluding hydrogens is 272 g/mol. The Labute approximate surface area is 122 Å². The molecule has 0 atom stereocenters. The van der Waals surface area contributed by atoms with Crippen molar-refractivity contribution in [2.24, 2.45) is 0 Å². The lowest BCUT2D eigenvalue weighted by Gasteiger charge is -2.12. The molecule has 4 heteroatoms. The smallest absolute Gasteiger partial charge is 0.181 e. The number of benzene rings is 1. The van der Waals surface area contributed by atoms with Crippen LogP contribution in [0.1, 0.15) is 44.1 Å². The normalized spacial score (nSPS) is 16.6. The molecule has 1 aliphatic rings. The Morgan fingerprint density at radius 3 is 2.65 bits per heavy atom. The first-order chi connectivity index (χ1) is 9.64. The highest BCUT2D eigenvalue weighted by Gasteiger charge is 2.30. The van der Waals surface area contributed by atoms with E-state index in [0.717, 1.165) is 57.1 Å². The predicted molar refractivity (Wildman–Crippen MR) is 80.7 cm³/mol. The number of unbranched alkanes of at least 4 members (excludes halogenated alkanes) is 1. The Kier molecular flexibility index (Phi) is 5.61. The molecule has 0 aliphatic heterocycles. The molecule has 1 fully saturated rings. The molecule has 112 valence electrons. The lowest BCUT2D eigenvalue weighted by Crippen LogP contribution is -2.17. The minimum absolute atomic E-state index is 0.161. The zero-order chi connectivity index (χ0) is 14.4. The third-order valence-electron chi connectivity index (χ3n) is 4.03. The summed E-state index contributed by atoms with van der Waals surface area (Å²) in [7, 11) is -1.42. The van der Waals surface area contributed by atoms with E-state index >= 15 is 0 Å². The van der Waals surface area contributed by atoms with Gasteiger partial charge in [0.1, 0.15) is 0 Å². The second kappa shape index (κ2) is 7.23. The van der Waals surface area contributed by atoms with Crippen molar-refractivity contribution in [3.8, 4) is 0 Å². The zero-order valence-corrected chi connectivity index (χ0v) is 13.0. The Hall–Kier alpha value is -0.870. The molecule has 20 heavy (non-hydrogen) atoms. The zero-order valence-electron chi connectivity index (χ0n) is 12.2. The van der Waals surface area contributed by atoms with Crippen LogP contribution in [-0.4, -0.2) is 27.4 Å². The molecular formula is C16H24O3S. The van der Waals surface area contributed by atoms with Crippen LogP contribution in [0.5, 0.6) is 0 Å². The second-order valence-electron chi connectivity index (χ2n) is 5.55. The van der Waals surface area contributed by atoms with E-state index in [0.29, 0.717) is 4.90 Å². The van der Waals surface area contributed by atoms with Gasteiger partial charge in [-0.25, -0.2) is 8.42 Å². The van der Waals surface area contributed by atoms with Gasteiger partial charge in [0, 0.05) is 13.7 Å². The van der Waals surface area contributed by atoms with Gasteiger partial charge in [0.15, 0.2) is 9.84 Å². The fraction of sp³-hybridized carbons (Fsp3) is 0.625. The van der Waals surface area contributed by atoms with Crippen LogP contribution in [0.25, 0.3) is 0 Å². The number of rotatable bonds is 7. The molecule has 0 spiro atoms. The summed E-state index contributed by atoms with van der Waals surface area (Å²) in [5.74, 6) is 0. The summed E-state index contributed by atoms with van der Waals surface area (Å²) in [6, 6.07) is 7.49. The molecule has 1 aromatic carbocycles. The number of ether oxygens (including phenoxy) is 1. The van der Waals surface area contributed by atoms with Crippen LogP contribution in [0, 0.1) is 0 Å². The molecule has 0 N–H and O–H groups in total. The first-order valence-electron chi connectivity index (χ1n) is 7.46. The molecule has 2 rings (SSSR count). The fourth-order valence-corrected chi connectivity index (χ4v) is 4.77. The van der Waals surface area contributed by atoms with E-state index < -0.39 is 9.84 Å². The molecule has 0 bridgehead atoms. The lowest BCUT2D eigenvalue weighted by atomic mass is 10.1. The first kappa shape index (κ1) is 15.5. The van der Waals surface area contributed by atoms with Gasteiger partial charge in [0.2, 0.25) is 0 Å². The van der Waals surface area contributed by atoms with Crippen LogP contribution in [-0.2, 0) is 21.0 Å². The van der Waals surface area contributed by atoms with Crippen LogP contribution in [0.3, 0.4) is 0 Å². The molecule has 0 radical (unpaired) electrons. The Morgan fingerprint density at radius 1 is 1.20 bits per heavy atom. The molecule has 1 aliphatic carbocycles. The summed E-state index contributed by atoms with van der Waals surface area (Å²) >= 11 is 0. The number of sulfone groups is 1. The number of hydrogen-bond donors (Lipinski definition) is 0. The van der Waals surface area contributed by atoms with Gasteiger partial charge < -0.3 is 4.74 Å². The van der Waals surface area contributed by atoms with Gasteiger partial charge in [-0.2, -0.15) is 0 Å². The summed E-state index contributed by atoms with van der Waals surface area (Å²) in [5, 5.41) is -0.161. The van der Waals surface area contributed by atoms with Crippen molar-refractivity contribution in [3.05, 3.63) is 29.8 Å². The van der Waals surface area contributed by atoms with Crippen LogP contribution < -0.4 is 0 Å². The van der Waals surface area contributed by atoms with Gasteiger partial charge in [-0.1, -0.05) is 25.0 Å². The van der Waals surface area contributed by atoms with Crippen molar-refractivity contribution in [2.75, 3.05) is 13.7 Å². The predicted octanol–water partition coefficient (Wildman–Crippen LogP) is 3.37. The van der Waals surface area contributed by atoms with E-state index in [1.54, 1.807) is 13.2 Å². The van der Waals surface area contributed by atoms with Gasteiger partial charge in [0.25, 0.3) is 0 Å². The summed E-state index contributed by atoms with van der Waals surface area (Å²) in [5.41, 5.74) is 1.11. The third-order valence-corrected chi connectivity index (χ3v) is 6.29. The minimum atomic E-state index is -3.12. The van der Waals surface area contributed by atoms with Crippen molar-refractivity contribution in [1.82, 2.24) is 0 Å². The molecule has 1 saturated carbocycles. The van der Waals surface area contributed by atoms with Crippen molar-refractivity contribution in [2.45, 2.75) is 55.1 Å². The van der Waals surface area contributed by atoms with Gasteiger partial charge in [-0.3, -0.25) is 0 Å². The Bertz CT molecular complexity index is 516. The highest BCUT2D eigenvalue weighted by atomic mass is 32.2. The van der Waals surface area contributed by atoms with Crippen LogP contribution in [0.4, 0.5) is 0 Å². The average Bonchev–Trinajstić information content (AvgIpc) is 2.99. The van der Waals surface area contributed by atoms with Crippen molar-refractivity contribution < 1.29 is 13.2 Å². The monoisotopic (exact) mass is 296 g/mol. The largest absolute Gasteiger partial charge is 0.385 e. The van der Waals surface area contributed by atoms with Crippen LogP contribution in [0.15, 0.2) is 29.2 Å². The minimum Gasteiger partial charge on any atom is -0.385 e. The van der Waals surface area contributed by atoms with Crippen molar-refractivity contribution in [3.63, 3.8) is 0 Å². The van der Waals surface area contributed by atoms with Gasteiger partial charge in [-0.15, -0.1) is 0 Å².